The molecule has 1 atom stereocenters. The van der Waals surface area contributed by atoms with Crippen LogP contribution < -0.4 is 5.32 Å². The lowest BCUT2D eigenvalue weighted by Gasteiger charge is -2.09. The van der Waals surface area contributed by atoms with Crippen LogP contribution in [0.4, 0.5) is 0 Å². The van der Waals surface area contributed by atoms with Crippen LogP contribution in [0.15, 0.2) is 64.8 Å². The van der Waals surface area contributed by atoms with Crippen molar-refractivity contribution in [2.75, 3.05) is 7.05 Å². The zero-order valence-corrected chi connectivity index (χ0v) is 13.4. The number of ketones is 1. The van der Waals surface area contributed by atoms with Crippen molar-refractivity contribution in [2.24, 2.45) is 0 Å². The van der Waals surface area contributed by atoms with E-state index in [0.717, 1.165) is 33.3 Å². The minimum absolute atomic E-state index is 0.0809. The molecule has 3 heteroatoms. The molecule has 0 aliphatic heterocycles. The van der Waals surface area contributed by atoms with E-state index in [-0.39, 0.29) is 11.7 Å². The van der Waals surface area contributed by atoms with Crippen LogP contribution in [0.2, 0.25) is 0 Å². The van der Waals surface area contributed by atoms with Crippen molar-refractivity contribution in [3.63, 3.8) is 0 Å². The smallest absolute Gasteiger partial charge is 0.173 e. The van der Waals surface area contributed by atoms with Crippen LogP contribution >= 0.6 is 15.9 Å². The third-order valence-corrected chi connectivity index (χ3v) is 4.38. The predicted octanol–water partition coefficient (Wildman–Crippen LogP) is 4.14. The Morgan fingerprint density at radius 2 is 1.86 bits per heavy atom. The van der Waals surface area contributed by atoms with E-state index in [1.807, 2.05) is 61.6 Å². The highest BCUT2D eigenvalue weighted by molar-refractivity contribution is 9.10. The first-order valence-corrected chi connectivity index (χ1v) is 7.76. The van der Waals surface area contributed by atoms with Crippen molar-refractivity contribution < 1.29 is 4.79 Å². The number of nitrogens with one attached hydrogen (secondary N) is 1. The summed E-state index contributed by atoms with van der Waals surface area (Å²) in [5, 5.41) is 3.21. The normalized spacial score (nSPS) is 18.2. The molecular formula is C18H16BrNO. The number of hydrogen-bond donors (Lipinski definition) is 1. The number of carbonyl (C=O) groups is 1. The molecule has 0 heterocycles. The third kappa shape index (κ3) is 2.66. The summed E-state index contributed by atoms with van der Waals surface area (Å²) in [6.07, 6.45) is 0.737. The van der Waals surface area contributed by atoms with Gasteiger partial charge in [0.25, 0.3) is 0 Å². The van der Waals surface area contributed by atoms with Crippen LogP contribution in [0.25, 0.3) is 5.57 Å². The molecule has 0 bridgehead atoms. The summed E-state index contributed by atoms with van der Waals surface area (Å²) in [7, 11) is 1.88. The fourth-order valence-corrected chi connectivity index (χ4v) is 3.26. The number of rotatable bonds is 3. The maximum atomic E-state index is 12.9. The molecule has 106 valence electrons. The fraction of sp³-hybridized carbons (Fsp3) is 0.167. The van der Waals surface area contributed by atoms with Crippen LogP contribution in [-0.2, 0) is 4.79 Å². The molecule has 1 aliphatic carbocycles. The molecule has 0 aromatic heterocycles. The Morgan fingerprint density at radius 1 is 1.10 bits per heavy atom. The van der Waals surface area contributed by atoms with Crippen molar-refractivity contribution in [2.45, 2.75) is 12.3 Å². The molecule has 2 aromatic rings. The van der Waals surface area contributed by atoms with E-state index in [1.54, 1.807) is 0 Å². The number of benzene rings is 2. The van der Waals surface area contributed by atoms with E-state index in [4.69, 9.17) is 0 Å². The molecule has 1 N–H and O–H groups in total. The molecule has 0 amide bonds. The van der Waals surface area contributed by atoms with E-state index in [2.05, 4.69) is 21.2 Å². The topological polar surface area (TPSA) is 29.1 Å². The van der Waals surface area contributed by atoms with Crippen LogP contribution in [0, 0.1) is 0 Å². The molecule has 0 saturated heterocycles. The molecule has 21 heavy (non-hydrogen) atoms. The van der Waals surface area contributed by atoms with Crippen LogP contribution in [0.1, 0.15) is 23.5 Å². The van der Waals surface area contributed by atoms with Crippen LogP contribution in [-0.4, -0.2) is 12.8 Å². The monoisotopic (exact) mass is 341 g/mol. The molecule has 1 aliphatic rings. The third-order valence-electron chi connectivity index (χ3n) is 3.89. The molecular weight excluding hydrogens is 326 g/mol. The lowest BCUT2D eigenvalue weighted by atomic mass is 9.93. The first kappa shape index (κ1) is 14.1. The largest absolute Gasteiger partial charge is 0.391 e. The van der Waals surface area contributed by atoms with Gasteiger partial charge in [0.05, 0.1) is 5.92 Å². The molecule has 1 unspecified atom stereocenters. The van der Waals surface area contributed by atoms with Gasteiger partial charge >= 0.3 is 0 Å². The first-order chi connectivity index (χ1) is 10.2. The zero-order chi connectivity index (χ0) is 14.8. The first-order valence-electron chi connectivity index (χ1n) is 6.96. The second-order valence-electron chi connectivity index (χ2n) is 5.15. The van der Waals surface area contributed by atoms with Crippen molar-refractivity contribution in [3.8, 4) is 0 Å². The highest BCUT2D eigenvalue weighted by Gasteiger charge is 2.34. The predicted molar refractivity (Wildman–Crippen MR) is 88.9 cm³/mol. The van der Waals surface area contributed by atoms with Crippen molar-refractivity contribution >= 4 is 27.3 Å². The summed E-state index contributed by atoms with van der Waals surface area (Å²) in [6.45, 7) is 0. The quantitative estimate of drug-likeness (QED) is 0.909. The van der Waals surface area contributed by atoms with Crippen molar-refractivity contribution in [3.05, 3.63) is 75.9 Å². The van der Waals surface area contributed by atoms with Gasteiger partial charge in [0.1, 0.15) is 0 Å². The summed E-state index contributed by atoms with van der Waals surface area (Å²) in [5.74, 6) is 0.117. The number of allylic oxidation sites excluding steroid dienone is 2. The molecule has 0 spiro atoms. The minimum atomic E-state index is -0.0809. The van der Waals surface area contributed by atoms with E-state index in [1.165, 1.54) is 0 Å². The number of carbonyl (C=O) groups excluding carboxylic acids is 1. The Bertz CT molecular complexity index is 706. The fourth-order valence-electron chi connectivity index (χ4n) is 2.86. The Morgan fingerprint density at radius 3 is 2.52 bits per heavy atom. The maximum absolute atomic E-state index is 12.9. The van der Waals surface area contributed by atoms with Gasteiger partial charge in [-0.1, -0.05) is 58.4 Å². The number of hydrogen-bond acceptors (Lipinski definition) is 2. The van der Waals surface area contributed by atoms with Crippen LogP contribution in [0.3, 0.4) is 0 Å². The van der Waals surface area contributed by atoms with Crippen molar-refractivity contribution in [1.82, 2.24) is 5.32 Å². The van der Waals surface area contributed by atoms with Crippen LogP contribution in [0.5, 0.6) is 0 Å². The molecule has 0 fully saturated rings. The number of Topliss-reactive ketones (excluding diaryl/α,β-unsaturated/α-hetero) is 1. The van der Waals surface area contributed by atoms with Gasteiger partial charge in [-0.3, -0.25) is 4.79 Å². The summed E-state index contributed by atoms with van der Waals surface area (Å²) < 4.78 is 0.985. The van der Waals surface area contributed by atoms with Gasteiger partial charge in [-0.2, -0.15) is 0 Å². The molecule has 2 nitrogen and oxygen atoms in total. The zero-order valence-electron chi connectivity index (χ0n) is 11.8. The van der Waals surface area contributed by atoms with E-state index < -0.39 is 0 Å². The standard InChI is InChI=1S/C18H16BrNO/c1-20-16-11-15(12-6-3-2-4-7-12)18(21)17(16)13-8-5-9-14(19)10-13/h2-10,15,20H,11H2,1H3. The van der Waals surface area contributed by atoms with Gasteiger partial charge in [0.2, 0.25) is 0 Å². The van der Waals surface area contributed by atoms with Gasteiger partial charge in [0, 0.05) is 29.2 Å². The Balaban J connectivity index is 2.01. The summed E-state index contributed by atoms with van der Waals surface area (Å²) in [6, 6.07) is 17.9. The Hall–Kier alpha value is -1.87. The molecule has 0 saturated carbocycles. The second-order valence-corrected chi connectivity index (χ2v) is 6.06. The summed E-state index contributed by atoms with van der Waals surface area (Å²) in [5.41, 5.74) is 3.89. The van der Waals surface area contributed by atoms with Gasteiger partial charge in [-0.15, -0.1) is 0 Å². The van der Waals surface area contributed by atoms with E-state index in [0.29, 0.717) is 0 Å². The number of halogens is 1. The maximum Gasteiger partial charge on any atom is 0.173 e. The van der Waals surface area contributed by atoms with E-state index in [9.17, 15) is 4.79 Å². The Kier molecular flexibility index (Phi) is 3.93. The molecule has 0 radical (unpaired) electrons. The van der Waals surface area contributed by atoms with Gasteiger partial charge in [0.15, 0.2) is 5.78 Å². The lowest BCUT2D eigenvalue weighted by molar-refractivity contribution is -0.114. The van der Waals surface area contributed by atoms with Crippen molar-refractivity contribution in [1.29, 1.82) is 0 Å². The SMILES string of the molecule is CNC1=C(c2cccc(Br)c2)C(=O)C(c2ccccc2)C1. The van der Waals surface area contributed by atoms with Gasteiger partial charge in [-0.25, -0.2) is 0 Å². The average Bonchev–Trinajstić information content (AvgIpc) is 2.85. The summed E-state index contributed by atoms with van der Waals surface area (Å²) >= 11 is 3.48. The van der Waals surface area contributed by atoms with E-state index >= 15 is 0 Å². The average molecular weight is 342 g/mol. The van der Waals surface area contributed by atoms with Gasteiger partial charge < -0.3 is 5.32 Å². The Labute approximate surface area is 133 Å². The molecule has 2 aromatic carbocycles. The molecule has 3 rings (SSSR count). The summed E-state index contributed by atoms with van der Waals surface area (Å²) in [4.78, 5) is 12.9. The second kappa shape index (κ2) is 5.86. The highest BCUT2D eigenvalue weighted by Crippen LogP contribution is 2.39. The highest BCUT2D eigenvalue weighted by atomic mass is 79.9. The lowest BCUT2D eigenvalue weighted by Crippen LogP contribution is -2.07. The van der Waals surface area contributed by atoms with Gasteiger partial charge in [-0.05, 0) is 23.3 Å². The minimum Gasteiger partial charge on any atom is -0.391 e.